The first-order valence-electron chi connectivity index (χ1n) is 11.8. The van der Waals surface area contributed by atoms with Crippen LogP contribution in [-0.4, -0.2) is 20.8 Å². The smallest absolute Gasteiger partial charge is 0.0961 e. The molecule has 7 atom stereocenters. The van der Waals surface area contributed by atoms with Crippen molar-refractivity contribution in [2.75, 3.05) is 0 Å². The average molecular weight is 391 g/mol. The molecular formula is C26H34N2O. The molecule has 3 fully saturated rings. The Morgan fingerprint density at radius 1 is 1.03 bits per heavy atom. The molecule has 0 radical (unpaired) electrons. The maximum Gasteiger partial charge on any atom is 0.0961 e. The Morgan fingerprint density at radius 2 is 1.90 bits per heavy atom. The Balaban J connectivity index is 1.35. The predicted octanol–water partition coefficient (Wildman–Crippen LogP) is 5.90. The predicted molar refractivity (Wildman–Crippen MR) is 116 cm³/mol. The molecule has 3 heteroatoms. The third-order valence-electron chi connectivity index (χ3n) is 9.84. The van der Waals surface area contributed by atoms with Gasteiger partial charge in [0.1, 0.15) is 0 Å². The van der Waals surface area contributed by atoms with E-state index in [1.165, 1.54) is 44.0 Å². The first-order valence-corrected chi connectivity index (χ1v) is 11.8. The number of allylic oxidation sites excluding steroid dienone is 1. The first kappa shape index (κ1) is 18.2. The summed E-state index contributed by atoms with van der Waals surface area (Å²) in [6, 6.07) is 9.21. The highest BCUT2D eigenvalue weighted by Crippen LogP contribution is 2.67. The lowest BCUT2D eigenvalue weighted by Gasteiger charge is -2.58. The second-order valence-electron chi connectivity index (χ2n) is 10.9. The fourth-order valence-corrected chi connectivity index (χ4v) is 8.30. The summed E-state index contributed by atoms with van der Waals surface area (Å²) in [6.45, 7) is 5.12. The van der Waals surface area contributed by atoms with Crippen LogP contribution >= 0.6 is 0 Å². The molecule has 1 heterocycles. The van der Waals surface area contributed by atoms with Crippen LogP contribution in [0.25, 0.3) is 11.0 Å². The Labute approximate surface area is 174 Å². The second kappa shape index (κ2) is 6.20. The van der Waals surface area contributed by atoms with E-state index in [9.17, 15) is 5.11 Å². The molecule has 29 heavy (non-hydrogen) atoms. The SMILES string of the molecule is C[C@]12CC[C@H]3[C@@H](CC=C4C[C@@H](O)CC[C@@]43C)[C@@H]1CC[C@@H]2n1cnc2ccccc21. The summed E-state index contributed by atoms with van der Waals surface area (Å²) in [7, 11) is 0. The minimum absolute atomic E-state index is 0.106. The minimum Gasteiger partial charge on any atom is -0.393 e. The highest BCUT2D eigenvalue weighted by Gasteiger charge is 2.59. The van der Waals surface area contributed by atoms with Crippen molar-refractivity contribution in [1.29, 1.82) is 0 Å². The van der Waals surface area contributed by atoms with E-state index in [0.717, 1.165) is 36.1 Å². The van der Waals surface area contributed by atoms with E-state index in [2.05, 4.69) is 55.1 Å². The average Bonchev–Trinajstić information content (AvgIpc) is 3.29. The highest BCUT2D eigenvalue weighted by atomic mass is 16.3. The van der Waals surface area contributed by atoms with Crippen molar-refractivity contribution in [1.82, 2.24) is 9.55 Å². The number of benzene rings is 1. The van der Waals surface area contributed by atoms with Crippen molar-refractivity contribution in [2.45, 2.75) is 77.4 Å². The van der Waals surface area contributed by atoms with Crippen molar-refractivity contribution in [3.8, 4) is 0 Å². The van der Waals surface area contributed by atoms with Crippen LogP contribution in [0.15, 0.2) is 42.2 Å². The van der Waals surface area contributed by atoms with Crippen LogP contribution in [0.4, 0.5) is 0 Å². The number of rotatable bonds is 1. The van der Waals surface area contributed by atoms with Crippen LogP contribution in [0.5, 0.6) is 0 Å². The quantitative estimate of drug-likeness (QED) is 0.616. The highest BCUT2D eigenvalue weighted by molar-refractivity contribution is 5.75. The molecule has 0 saturated heterocycles. The van der Waals surface area contributed by atoms with Gasteiger partial charge in [-0.3, -0.25) is 0 Å². The molecule has 1 aromatic heterocycles. The summed E-state index contributed by atoms with van der Waals surface area (Å²) < 4.78 is 2.51. The van der Waals surface area contributed by atoms with Gasteiger partial charge in [0.25, 0.3) is 0 Å². The molecule has 0 spiro atoms. The molecule has 0 amide bonds. The van der Waals surface area contributed by atoms with Crippen molar-refractivity contribution >= 4 is 11.0 Å². The van der Waals surface area contributed by atoms with Gasteiger partial charge in [-0.15, -0.1) is 0 Å². The monoisotopic (exact) mass is 390 g/mol. The summed E-state index contributed by atoms with van der Waals surface area (Å²) in [5, 5.41) is 10.2. The number of imidazole rings is 1. The fraction of sp³-hybridized carbons (Fsp3) is 0.654. The van der Waals surface area contributed by atoms with Gasteiger partial charge in [-0.25, -0.2) is 4.98 Å². The largest absolute Gasteiger partial charge is 0.393 e. The van der Waals surface area contributed by atoms with Crippen molar-refractivity contribution in [3.63, 3.8) is 0 Å². The molecule has 0 unspecified atom stereocenters. The van der Waals surface area contributed by atoms with Gasteiger partial charge < -0.3 is 9.67 Å². The maximum atomic E-state index is 10.2. The van der Waals surface area contributed by atoms with Gasteiger partial charge in [0.15, 0.2) is 0 Å². The summed E-state index contributed by atoms with van der Waals surface area (Å²) in [5.41, 5.74) is 4.73. The van der Waals surface area contributed by atoms with Gasteiger partial charge >= 0.3 is 0 Å². The van der Waals surface area contributed by atoms with E-state index < -0.39 is 0 Å². The zero-order valence-corrected chi connectivity index (χ0v) is 17.8. The van der Waals surface area contributed by atoms with Crippen molar-refractivity contribution < 1.29 is 5.11 Å². The van der Waals surface area contributed by atoms with Gasteiger partial charge in [-0.05, 0) is 92.1 Å². The molecule has 154 valence electrons. The third kappa shape index (κ3) is 2.43. The zero-order chi connectivity index (χ0) is 19.8. The van der Waals surface area contributed by atoms with Crippen LogP contribution in [0, 0.1) is 28.6 Å². The summed E-state index contributed by atoms with van der Waals surface area (Å²) in [6.07, 6.45) is 14.2. The number of hydrogen-bond acceptors (Lipinski definition) is 2. The Hall–Kier alpha value is -1.61. The van der Waals surface area contributed by atoms with E-state index >= 15 is 0 Å². The number of aromatic nitrogens is 2. The lowest BCUT2D eigenvalue weighted by Crippen LogP contribution is -2.50. The molecule has 6 rings (SSSR count). The number of hydrogen-bond donors (Lipinski definition) is 1. The summed E-state index contributed by atoms with van der Waals surface area (Å²) in [4.78, 5) is 4.72. The van der Waals surface area contributed by atoms with Crippen LogP contribution in [0.3, 0.4) is 0 Å². The number of nitrogens with zero attached hydrogens (tertiary/aromatic N) is 2. The Kier molecular flexibility index (Phi) is 3.89. The Morgan fingerprint density at radius 3 is 2.79 bits per heavy atom. The summed E-state index contributed by atoms with van der Waals surface area (Å²) in [5.74, 6) is 2.44. The second-order valence-corrected chi connectivity index (χ2v) is 10.9. The van der Waals surface area contributed by atoms with E-state index in [-0.39, 0.29) is 6.10 Å². The standard InChI is InChI=1S/C26H34N2O/c1-25-13-11-18(29)15-17(25)7-8-19-20-9-10-24(26(20,2)14-12-21(19)25)28-16-27-22-5-3-4-6-23(22)28/h3-7,16,18-21,24,29H,8-15H2,1-2H3/t18-,19-,20-,21-,24-,25-,26-/m0/s1. The van der Waals surface area contributed by atoms with Crippen LogP contribution in [-0.2, 0) is 0 Å². The minimum atomic E-state index is -0.106. The van der Waals surface area contributed by atoms with Crippen LogP contribution in [0.2, 0.25) is 0 Å². The maximum absolute atomic E-state index is 10.2. The molecule has 3 nitrogen and oxygen atoms in total. The van der Waals surface area contributed by atoms with Gasteiger partial charge in [0.05, 0.1) is 23.5 Å². The number of fused-ring (bicyclic) bond motifs is 6. The van der Waals surface area contributed by atoms with Gasteiger partial charge in [0.2, 0.25) is 0 Å². The van der Waals surface area contributed by atoms with E-state index in [1.54, 1.807) is 5.57 Å². The van der Waals surface area contributed by atoms with Crippen LogP contribution in [0.1, 0.15) is 71.3 Å². The van der Waals surface area contributed by atoms with E-state index in [4.69, 9.17) is 4.98 Å². The van der Waals surface area contributed by atoms with Crippen LogP contribution < -0.4 is 0 Å². The number of aliphatic hydroxyl groups is 1. The fourth-order valence-electron chi connectivity index (χ4n) is 8.30. The molecule has 3 saturated carbocycles. The lowest BCUT2D eigenvalue weighted by atomic mass is 9.48. The van der Waals surface area contributed by atoms with E-state index in [0.29, 0.717) is 16.9 Å². The number of para-hydroxylation sites is 2. The lowest BCUT2D eigenvalue weighted by molar-refractivity contribution is -0.0471. The molecule has 4 aliphatic carbocycles. The molecule has 4 aliphatic rings. The molecule has 0 bridgehead atoms. The molecule has 0 aliphatic heterocycles. The molecule has 1 aromatic carbocycles. The molecule has 1 N–H and O–H groups in total. The molecular weight excluding hydrogens is 356 g/mol. The Bertz CT molecular complexity index is 976. The third-order valence-corrected chi connectivity index (χ3v) is 9.84. The number of aliphatic hydroxyl groups excluding tert-OH is 1. The van der Waals surface area contributed by atoms with Crippen molar-refractivity contribution in [3.05, 3.63) is 42.2 Å². The summed E-state index contributed by atoms with van der Waals surface area (Å²) >= 11 is 0. The first-order chi connectivity index (χ1) is 14.0. The topological polar surface area (TPSA) is 38.0 Å². The van der Waals surface area contributed by atoms with Gasteiger partial charge in [-0.1, -0.05) is 37.6 Å². The normalized spacial score (nSPS) is 44.1. The molecule has 2 aromatic rings. The van der Waals surface area contributed by atoms with Gasteiger partial charge in [0, 0.05) is 6.04 Å². The zero-order valence-electron chi connectivity index (χ0n) is 17.8. The van der Waals surface area contributed by atoms with Gasteiger partial charge in [-0.2, -0.15) is 0 Å². The van der Waals surface area contributed by atoms with E-state index in [1.807, 2.05) is 0 Å². The van der Waals surface area contributed by atoms with Crippen molar-refractivity contribution in [2.24, 2.45) is 28.6 Å².